The second kappa shape index (κ2) is 6.97. The first-order valence-corrected chi connectivity index (χ1v) is 5.22. The molecule has 0 radical (unpaired) electrons. The van der Waals surface area contributed by atoms with Crippen LogP contribution in [0.5, 0.6) is 0 Å². The zero-order valence-corrected chi connectivity index (χ0v) is 9.81. The van der Waals surface area contributed by atoms with Crippen LogP contribution in [0.2, 0.25) is 0 Å². The van der Waals surface area contributed by atoms with Crippen LogP contribution >= 0.6 is 0 Å². The number of rotatable bonds is 7. The minimum Gasteiger partial charge on any atom is -0.383 e. The van der Waals surface area contributed by atoms with E-state index in [9.17, 15) is 0 Å². The van der Waals surface area contributed by atoms with Gasteiger partial charge in [0.25, 0.3) is 0 Å². The molecule has 0 aliphatic rings. The molecule has 0 aromatic carbocycles. The van der Waals surface area contributed by atoms with E-state index in [1.165, 1.54) is 0 Å². The average Bonchev–Trinajstić information content (AvgIpc) is 2.29. The molecule has 0 bridgehead atoms. The number of nitrogens with zero attached hydrogens (tertiary/aromatic N) is 3. The summed E-state index contributed by atoms with van der Waals surface area (Å²) in [6.45, 7) is 3.33. The third-order valence-corrected chi connectivity index (χ3v) is 2.19. The Hall–Kier alpha value is -1.40. The fraction of sp³-hybridized carbons (Fsp3) is 0.600. The molecular formula is C10H19N5O. The van der Waals surface area contributed by atoms with Crippen LogP contribution in [0.3, 0.4) is 0 Å². The molecule has 6 heteroatoms. The number of aromatic nitrogens is 2. The van der Waals surface area contributed by atoms with Crippen molar-refractivity contribution in [3.05, 3.63) is 12.4 Å². The van der Waals surface area contributed by atoms with E-state index in [1.54, 1.807) is 19.5 Å². The quantitative estimate of drug-likeness (QED) is 0.683. The molecule has 1 rings (SSSR count). The van der Waals surface area contributed by atoms with Crippen LogP contribution < -0.4 is 11.1 Å². The molecule has 1 heterocycles. The lowest BCUT2D eigenvalue weighted by Gasteiger charge is -2.16. The van der Waals surface area contributed by atoms with Gasteiger partial charge in [-0.25, -0.2) is 9.97 Å². The number of nitrogens with two attached hydrogens (primary N) is 1. The van der Waals surface area contributed by atoms with Gasteiger partial charge in [0.15, 0.2) is 11.6 Å². The Kier molecular flexibility index (Phi) is 5.52. The highest BCUT2D eigenvalue weighted by Crippen LogP contribution is 2.08. The Morgan fingerprint density at radius 2 is 2.12 bits per heavy atom. The van der Waals surface area contributed by atoms with Crippen molar-refractivity contribution < 1.29 is 4.74 Å². The van der Waals surface area contributed by atoms with E-state index in [-0.39, 0.29) is 0 Å². The van der Waals surface area contributed by atoms with Crippen LogP contribution in [0.25, 0.3) is 0 Å². The summed E-state index contributed by atoms with van der Waals surface area (Å²) in [5.74, 6) is 1.07. The van der Waals surface area contributed by atoms with Crippen LogP contribution in [0.4, 0.5) is 11.6 Å². The molecule has 1 aromatic rings. The van der Waals surface area contributed by atoms with Crippen molar-refractivity contribution in [1.82, 2.24) is 14.9 Å². The maximum Gasteiger partial charge on any atom is 0.168 e. The van der Waals surface area contributed by atoms with Gasteiger partial charge in [0.05, 0.1) is 6.61 Å². The summed E-state index contributed by atoms with van der Waals surface area (Å²) in [7, 11) is 3.74. The highest BCUT2D eigenvalue weighted by atomic mass is 16.5. The predicted molar refractivity (Wildman–Crippen MR) is 64.3 cm³/mol. The van der Waals surface area contributed by atoms with Gasteiger partial charge in [-0.2, -0.15) is 0 Å². The van der Waals surface area contributed by atoms with Gasteiger partial charge >= 0.3 is 0 Å². The zero-order valence-electron chi connectivity index (χ0n) is 9.81. The summed E-state index contributed by atoms with van der Waals surface area (Å²) in [5.41, 5.74) is 5.65. The topological polar surface area (TPSA) is 76.3 Å². The fourth-order valence-electron chi connectivity index (χ4n) is 1.21. The maximum atomic E-state index is 5.65. The van der Waals surface area contributed by atoms with Gasteiger partial charge in [0.2, 0.25) is 0 Å². The highest BCUT2D eigenvalue weighted by Gasteiger charge is 2.01. The van der Waals surface area contributed by atoms with E-state index >= 15 is 0 Å². The molecule has 0 atom stereocenters. The molecule has 0 unspecified atom stereocenters. The fourth-order valence-corrected chi connectivity index (χ4v) is 1.21. The number of likely N-dealkylation sites (N-methyl/N-ethyl adjacent to an activating group) is 1. The Morgan fingerprint density at radius 3 is 2.81 bits per heavy atom. The molecule has 0 amide bonds. The van der Waals surface area contributed by atoms with E-state index in [4.69, 9.17) is 10.5 Å². The van der Waals surface area contributed by atoms with Crippen molar-refractivity contribution in [2.24, 2.45) is 0 Å². The second-order valence-corrected chi connectivity index (χ2v) is 3.51. The predicted octanol–water partition coefficient (Wildman–Crippen LogP) is 0.0489. The number of nitrogen functional groups attached to an aromatic ring is 1. The second-order valence-electron chi connectivity index (χ2n) is 3.51. The van der Waals surface area contributed by atoms with Gasteiger partial charge in [-0.05, 0) is 7.05 Å². The molecule has 0 saturated heterocycles. The molecule has 3 N–H and O–H groups in total. The molecule has 1 aromatic heterocycles. The maximum absolute atomic E-state index is 5.65. The van der Waals surface area contributed by atoms with Crippen LogP contribution in [-0.4, -0.2) is 55.3 Å². The first-order valence-electron chi connectivity index (χ1n) is 5.22. The summed E-state index contributed by atoms with van der Waals surface area (Å²) in [5, 5.41) is 3.14. The number of methoxy groups -OCH3 is 1. The van der Waals surface area contributed by atoms with E-state index in [0.29, 0.717) is 11.6 Å². The summed E-state index contributed by atoms with van der Waals surface area (Å²) in [6.07, 6.45) is 3.19. The summed E-state index contributed by atoms with van der Waals surface area (Å²) < 4.78 is 4.99. The minimum atomic E-state index is 0.432. The first-order chi connectivity index (χ1) is 7.74. The van der Waals surface area contributed by atoms with Crippen LogP contribution in [0.1, 0.15) is 0 Å². The van der Waals surface area contributed by atoms with Gasteiger partial charge in [-0.3, -0.25) is 0 Å². The molecule has 0 spiro atoms. The van der Waals surface area contributed by atoms with E-state index in [0.717, 1.165) is 26.2 Å². The summed E-state index contributed by atoms with van der Waals surface area (Å²) in [6, 6.07) is 0. The van der Waals surface area contributed by atoms with Crippen molar-refractivity contribution >= 4 is 11.6 Å². The van der Waals surface area contributed by atoms with Gasteiger partial charge in [0, 0.05) is 39.1 Å². The lowest BCUT2D eigenvalue weighted by atomic mass is 10.5. The Morgan fingerprint density at radius 1 is 1.38 bits per heavy atom. The highest BCUT2D eigenvalue weighted by molar-refractivity contribution is 5.54. The Bertz CT molecular complexity index is 307. The summed E-state index contributed by atoms with van der Waals surface area (Å²) in [4.78, 5) is 10.2. The van der Waals surface area contributed by atoms with Crippen molar-refractivity contribution in [3.8, 4) is 0 Å². The molecule has 0 fully saturated rings. The van der Waals surface area contributed by atoms with Gasteiger partial charge < -0.3 is 20.7 Å². The van der Waals surface area contributed by atoms with E-state index in [1.807, 2.05) is 7.05 Å². The molecular weight excluding hydrogens is 206 g/mol. The monoisotopic (exact) mass is 225 g/mol. The van der Waals surface area contributed by atoms with Gasteiger partial charge in [-0.1, -0.05) is 0 Å². The van der Waals surface area contributed by atoms with Crippen molar-refractivity contribution in [2.45, 2.75) is 0 Å². The van der Waals surface area contributed by atoms with Crippen LogP contribution in [0, 0.1) is 0 Å². The molecule has 0 saturated carbocycles. The Labute approximate surface area is 95.8 Å². The zero-order chi connectivity index (χ0) is 11.8. The van der Waals surface area contributed by atoms with Crippen LogP contribution in [0.15, 0.2) is 12.4 Å². The van der Waals surface area contributed by atoms with Crippen molar-refractivity contribution in [2.75, 3.05) is 51.4 Å². The van der Waals surface area contributed by atoms with Gasteiger partial charge in [0.1, 0.15) is 0 Å². The average molecular weight is 225 g/mol. The van der Waals surface area contributed by atoms with Crippen LogP contribution in [-0.2, 0) is 4.74 Å². The molecule has 6 nitrogen and oxygen atoms in total. The number of hydrogen-bond acceptors (Lipinski definition) is 6. The number of nitrogens with one attached hydrogen (secondary N) is 1. The largest absolute Gasteiger partial charge is 0.383 e. The number of hydrogen-bond donors (Lipinski definition) is 2. The normalized spacial score (nSPS) is 10.7. The number of anilines is 2. The van der Waals surface area contributed by atoms with Gasteiger partial charge in [-0.15, -0.1) is 0 Å². The molecule has 0 aliphatic carbocycles. The number of ether oxygens (including phenoxy) is 1. The smallest absolute Gasteiger partial charge is 0.168 e. The standard InChI is InChI=1S/C10H19N5O/c1-15(7-8-16-2)6-5-14-10-9(11)12-3-4-13-10/h3-4H,5-8H2,1-2H3,(H2,11,12)(H,13,14). The van der Waals surface area contributed by atoms with Crippen molar-refractivity contribution in [3.63, 3.8) is 0 Å². The lowest BCUT2D eigenvalue weighted by Crippen LogP contribution is -2.28. The molecule has 16 heavy (non-hydrogen) atoms. The van der Waals surface area contributed by atoms with E-state index in [2.05, 4.69) is 20.2 Å². The molecule has 0 aliphatic heterocycles. The third-order valence-electron chi connectivity index (χ3n) is 2.19. The SMILES string of the molecule is COCCN(C)CCNc1nccnc1N. The van der Waals surface area contributed by atoms with E-state index < -0.39 is 0 Å². The minimum absolute atomic E-state index is 0.432. The third kappa shape index (κ3) is 4.41. The molecule has 90 valence electrons. The first kappa shape index (κ1) is 12.7. The lowest BCUT2D eigenvalue weighted by molar-refractivity contribution is 0.163. The van der Waals surface area contributed by atoms with Crippen molar-refractivity contribution in [1.29, 1.82) is 0 Å². The Balaban J connectivity index is 2.23. The summed E-state index contributed by atoms with van der Waals surface area (Å²) >= 11 is 0.